The van der Waals surface area contributed by atoms with Gasteiger partial charge < -0.3 is 20.6 Å². The standard InChI is InChI=1S/C11H17N5O2/c1-7-5-16(6-8(2)18-7)11-13-4-3-9(14-11)10(12)15-17/h3-4,7-8,17H,5-6H2,1-2H3,(H2,12,15)/t7-,8+. The summed E-state index contributed by atoms with van der Waals surface area (Å²) in [6.45, 7) is 5.47. The van der Waals surface area contributed by atoms with Gasteiger partial charge in [-0.05, 0) is 19.9 Å². The Bertz CT molecular complexity index is 441. The van der Waals surface area contributed by atoms with E-state index in [9.17, 15) is 0 Å². The normalized spacial score (nSPS) is 25.2. The van der Waals surface area contributed by atoms with Crippen LogP contribution in [-0.4, -0.2) is 46.3 Å². The molecule has 18 heavy (non-hydrogen) atoms. The predicted octanol–water partition coefficient (Wildman–Crippen LogP) is 0.185. The van der Waals surface area contributed by atoms with Crippen LogP contribution >= 0.6 is 0 Å². The number of morpholine rings is 1. The van der Waals surface area contributed by atoms with Gasteiger partial charge in [-0.2, -0.15) is 0 Å². The van der Waals surface area contributed by atoms with E-state index >= 15 is 0 Å². The zero-order chi connectivity index (χ0) is 13.1. The Balaban J connectivity index is 2.22. The number of aromatic nitrogens is 2. The highest BCUT2D eigenvalue weighted by atomic mass is 16.5. The maximum absolute atomic E-state index is 8.64. The molecule has 1 aromatic rings. The number of ether oxygens (including phenoxy) is 1. The van der Waals surface area contributed by atoms with E-state index in [2.05, 4.69) is 15.1 Å². The summed E-state index contributed by atoms with van der Waals surface area (Å²) in [5.41, 5.74) is 5.93. The van der Waals surface area contributed by atoms with Crippen LogP contribution in [0.2, 0.25) is 0 Å². The monoisotopic (exact) mass is 251 g/mol. The lowest BCUT2D eigenvalue weighted by molar-refractivity contribution is -0.00572. The molecule has 0 amide bonds. The Labute approximate surface area is 105 Å². The van der Waals surface area contributed by atoms with Crippen molar-refractivity contribution in [3.8, 4) is 0 Å². The fourth-order valence-electron chi connectivity index (χ4n) is 2.04. The molecule has 1 fully saturated rings. The van der Waals surface area contributed by atoms with Crippen molar-refractivity contribution < 1.29 is 9.94 Å². The summed E-state index contributed by atoms with van der Waals surface area (Å²) in [7, 11) is 0. The van der Waals surface area contributed by atoms with Crippen LogP contribution in [0.15, 0.2) is 17.4 Å². The molecule has 7 nitrogen and oxygen atoms in total. The van der Waals surface area contributed by atoms with E-state index in [1.807, 2.05) is 18.7 Å². The number of hydrogen-bond acceptors (Lipinski definition) is 6. The first kappa shape index (κ1) is 12.6. The molecule has 1 aliphatic heterocycles. The van der Waals surface area contributed by atoms with Gasteiger partial charge in [-0.25, -0.2) is 9.97 Å². The highest BCUT2D eigenvalue weighted by molar-refractivity contribution is 5.95. The third-order valence-corrected chi connectivity index (χ3v) is 2.72. The summed E-state index contributed by atoms with van der Waals surface area (Å²) in [5, 5.41) is 11.6. The maximum Gasteiger partial charge on any atom is 0.226 e. The third-order valence-electron chi connectivity index (χ3n) is 2.72. The summed E-state index contributed by atoms with van der Waals surface area (Å²) in [6.07, 6.45) is 1.86. The van der Waals surface area contributed by atoms with Crippen molar-refractivity contribution in [1.29, 1.82) is 0 Å². The Hall–Kier alpha value is -1.89. The van der Waals surface area contributed by atoms with Crippen LogP contribution in [0.3, 0.4) is 0 Å². The van der Waals surface area contributed by atoms with Gasteiger partial charge in [0.15, 0.2) is 5.84 Å². The predicted molar refractivity (Wildman–Crippen MR) is 66.8 cm³/mol. The number of hydrogen-bond donors (Lipinski definition) is 2. The van der Waals surface area contributed by atoms with E-state index in [4.69, 9.17) is 15.7 Å². The van der Waals surface area contributed by atoms with Gasteiger partial charge in [-0.1, -0.05) is 5.16 Å². The molecule has 3 N–H and O–H groups in total. The fraction of sp³-hybridized carbons (Fsp3) is 0.545. The number of amidine groups is 1. The highest BCUT2D eigenvalue weighted by Gasteiger charge is 2.24. The van der Waals surface area contributed by atoms with Crippen LogP contribution in [0.5, 0.6) is 0 Å². The molecule has 0 radical (unpaired) electrons. The third kappa shape index (κ3) is 2.67. The van der Waals surface area contributed by atoms with Gasteiger partial charge >= 0.3 is 0 Å². The number of anilines is 1. The van der Waals surface area contributed by atoms with Crippen LogP contribution in [0.1, 0.15) is 19.5 Å². The van der Waals surface area contributed by atoms with Gasteiger partial charge in [-0.15, -0.1) is 0 Å². The van der Waals surface area contributed by atoms with E-state index in [0.29, 0.717) is 11.6 Å². The van der Waals surface area contributed by atoms with Gasteiger partial charge in [-0.3, -0.25) is 0 Å². The van der Waals surface area contributed by atoms with Gasteiger partial charge in [0.2, 0.25) is 5.95 Å². The zero-order valence-corrected chi connectivity index (χ0v) is 10.4. The Morgan fingerprint density at radius 2 is 2.17 bits per heavy atom. The first-order valence-electron chi connectivity index (χ1n) is 5.81. The quantitative estimate of drug-likeness (QED) is 0.337. The first-order valence-corrected chi connectivity index (χ1v) is 5.81. The molecule has 7 heteroatoms. The lowest BCUT2D eigenvalue weighted by Gasteiger charge is -2.35. The Morgan fingerprint density at radius 1 is 1.50 bits per heavy atom. The van der Waals surface area contributed by atoms with Crippen molar-refractivity contribution in [2.45, 2.75) is 26.1 Å². The minimum atomic E-state index is -0.0204. The maximum atomic E-state index is 8.64. The Morgan fingerprint density at radius 3 is 2.78 bits per heavy atom. The van der Waals surface area contributed by atoms with E-state index in [0.717, 1.165) is 13.1 Å². The molecule has 0 aliphatic carbocycles. The number of oxime groups is 1. The highest BCUT2D eigenvalue weighted by Crippen LogP contribution is 2.16. The molecule has 0 unspecified atom stereocenters. The van der Waals surface area contributed by atoms with Gasteiger partial charge in [0.05, 0.1) is 12.2 Å². The first-order chi connectivity index (χ1) is 8.60. The van der Waals surface area contributed by atoms with Crippen molar-refractivity contribution >= 4 is 11.8 Å². The molecule has 1 aromatic heterocycles. The minimum Gasteiger partial charge on any atom is -0.409 e. The second kappa shape index (κ2) is 5.18. The second-order valence-corrected chi connectivity index (χ2v) is 4.39. The molecule has 0 spiro atoms. The molecule has 2 heterocycles. The number of nitrogens with two attached hydrogens (primary N) is 1. The molecule has 0 aromatic carbocycles. The van der Waals surface area contributed by atoms with Crippen LogP contribution < -0.4 is 10.6 Å². The minimum absolute atomic E-state index is 0.0204. The van der Waals surface area contributed by atoms with Crippen molar-refractivity contribution in [2.75, 3.05) is 18.0 Å². The van der Waals surface area contributed by atoms with E-state index in [-0.39, 0.29) is 18.0 Å². The average molecular weight is 251 g/mol. The topological polar surface area (TPSA) is 96.9 Å². The molecule has 1 saturated heterocycles. The van der Waals surface area contributed by atoms with Crippen molar-refractivity contribution in [2.24, 2.45) is 10.9 Å². The largest absolute Gasteiger partial charge is 0.409 e. The molecule has 2 atom stereocenters. The van der Waals surface area contributed by atoms with Crippen LogP contribution in [0.25, 0.3) is 0 Å². The van der Waals surface area contributed by atoms with Crippen molar-refractivity contribution in [3.63, 3.8) is 0 Å². The SMILES string of the molecule is C[C@@H]1CN(c2nccc(/C(N)=N/O)n2)C[C@H](C)O1. The lowest BCUT2D eigenvalue weighted by Crippen LogP contribution is -2.46. The summed E-state index contributed by atoms with van der Waals surface area (Å²) < 4.78 is 5.65. The molecule has 1 aliphatic rings. The second-order valence-electron chi connectivity index (χ2n) is 4.39. The summed E-state index contributed by atoms with van der Waals surface area (Å²) >= 11 is 0. The van der Waals surface area contributed by atoms with Gasteiger partial charge in [0.25, 0.3) is 0 Å². The number of nitrogens with zero attached hydrogens (tertiary/aromatic N) is 4. The number of rotatable bonds is 2. The fourth-order valence-corrected chi connectivity index (χ4v) is 2.04. The van der Waals surface area contributed by atoms with Crippen molar-refractivity contribution in [1.82, 2.24) is 9.97 Å². The molecule has 0 saturated carbocycles. The average Bonchev–Trinajstić information content (AvgIpc) is 2.37. The van der Waals surface area contributed by atoms with E-state index in [1.165, 1.54) is 0 Å². The summed E-state index contributed by atoms with van der Waals surface area (Å²) in [5.74, 6) is 0.550. The van der Waals surface area contributed by atoms with Crippen LogP contribution in [-0.2, 0) is 4.74 Å². The molecule has 98 valence electrons. The molecule has 2 rings (SSSR count). The smallest absolute Gasteiger partial charge is 0.226 e. The van der Waals surface area contributed by atoms with Crippen molar-refractivity contribution in [3.05, 3.63) is 18.0 Å². The molecule has 0 bridgehead atoms. The molecular weight excluding hydrogens is 234 g/mol. The molecular formula is C11H17N5O2. The van der Waals surface area contributed by atoms with Gasteiger partial charge in [0, 0.05) is 19.3 Å². The summed E-state index contributed by atoms with van der Waals surface area (Å²) in [4.78, 5) is 10.5. The van der Waals surface area contributed by atoms with Crippen LogP contribution in [0.4, 0.5) is 5.95 Å². The summed E-state index contributed by atoms with van der Waals surface area (Å²) in [6, 6.07) is 1.60. The lowest BCUT2D eigenvalue weighted by atomic mass is 10.2. The van der Waals surface area contributed by atoms with Gasteiger partial charge in [0.1, 0.15) is 5.69 Å². The van der Waals surface area contributed by atoms with Crippen LogP contribution in [0, 0.1) is 0 Å². The van der Waals surface area contributed by atoms with E-state index in [1.54, 1.807) is 12.3 Å². The zero-order valence-electron chi connectivity index (χ0n) is 10.4. The van der Waals surface area contributed by atoms with E-state index < -0.39 is 0 Å². The Kier molecular flexibility index (Phi) is 3.61.